The van der Waals surface area contributed by atoms with Crippen LogP contribution in [0.5, 0.6) is 0 Å². The van der Waals surface area contributed by atoms with E-state index in [-0.39, 0.29) is 11.9 Å². The fourth-order valence-corrected chi connectivity index (χ4v) is 3.35. The Bertz CT molecular complexity index is 653. The summed E-state index contributed by atoms with van der Waals surface area (Å²) in [6.07, 6.45) is 4.52. The predicted molar refractivity (Wildman–Crippen MR) is 89.4 cm³/mol. The number of benzene rings is 1. The highest BCUT2D eigenvalue weighted by atomic mass is 16.2. The highest BCUT2D eigenvalue weighted by Crippen LogP contribution is 2.18. The van der Waals surface area contributed by atoms with Gasteiger partial charge in [-0.2, -0.15) is 5.26 Å². The van der Waals surface area contributed by atoms with Crippen LogP contribution in [0.15, 0.2) is 24.3 Å². The monoisotopic (exact) mass is 326 g/mol. The number of nitrogens with one attached hydrogen (secondary N) is 1. The van der Waals surface area contributed by atoms with Gasteiger partial charge < -0.3 is 15.1 Å². The largest absolute Gasteiger partial charge is 0.335 e. The lowest BCUT2D eigenvalue weighted by Gasteiger charge is -2.35. The van der Waals surface area contributed by atoms with Crippen molar-refractivity contribution in [2.75, 3.05) is 26.2 Å². The van der Waals surface area contributed by atoms with Gasteiger partial charge in [-0.15, -0.1) is 0 Å². The number of hydrogen-bond donors (Lipinski definition) is 1. The second-order valence-electron chi connectivity index (χ2n) is 6.40. The summed E-state index contributed by atoms with van der Waals surface area (Å²) in [5, 5.41) is 12.0. The number of nitrogens with zero attached hydrogens (tertiary/aromatic N) is 3. The minimum absolute atomic E-state index is 0.0134. The topological polar surface area (TPSA) is 76.4 Å². The first kappa shape index (κ1) is 16.3. The molecule has 2 aliphatic rings. The van der Waals surface area contributed by atoms with Gasteiger partial charge in [-0.25, -0.2) is 4.79 Å². The zero-order valence-corrected chi connectivity index (χ0v) is 13.7. The molecule has 0 radical (unpaired) electrons. The van der Waals surface area contributed by atoms with Gasteiger partial charge in [0.05, 0.1) is 11.6 Å². The number of carbonyl (C=O) groups excluding carboxylic acids is 2. The van der Waals surface area contributed by atoms with E-state index < -0.39 is 0 Å². The van der Waals surface area contributed by atoms with Crippen molar-refractivity contribution < 1.29 is 9.59 Å². The van der Waals surface area contributed by atoms with Gasteiger partial charge in [-0.05, 0) is 31.0 Å². The van der Waals surface area contributed by atoms with E-state index in [4.69, 9.17) is 5.26 Å². The lowest BCUT2D eigenvalue weighted by Crippen LogP contribution is -2.54. The minimum atomic E-state index is -0.0806. The van der Waals surface area contributed by atoms with Gasteiger partial charge in [0.25, 0.3) is 5.91 Å². The molecule has 1 N–H and O–H groups in total. The molecule has 6 nitrogen and oxygen atoms in total. The number of amides is 3. The Morgan fingerprint density at radius 1 is 1.08 bits per heavy atom. The number of hydrogen-bond acceptors (Lipinski definition) is 3. The van der Waals surface area contributed by atoms with E-state index in [0.717, 1.165) is 12.8 Å². The molecule has 0 unspecified atom stereocenters. The average Bonchev–Trinajstić information content (AvgIpc) is 3.14. The molecule has 24 heavy (non-hydrogen) atoms. The van der Waals surface area contributed by atoms with Crippen molar-refractivity contribution in [1.82, 2.24) is 15.1 Å². The second kappa shape index (κ2) is 7.35. The molecule has 3 amide bonds. The fourth-order valence-electron chi connectivity index (χ4n) is 3.35. The fraction of sp³-hybridized carbons (Fsp3) is 0.500. The maximum atomic E-state index is 12.5. The molecule has 1 heterocycles. The van der Waals surface area contributed by atoms with E-state index in [1.54, 1.807) is 34.1 Å². The summed E-state index contributed by atoms with van der Waals surface area (Å²) < 4.78 is 0. The Hall–Kier alpha value is -2.55. The van der Waals surface area contributed by atoms with E-state index >= 15 is 0 Å². The van der Waals surface area contributed by atoms with Crippen LogP contribution >= 0.6 is 0 Å². The van der Waals surface area contributed by atoms with Crippen LogP contribution in [-0.4, -0.2) is 54.0 Å². The van der Waals surface area contributed by atoms with E-state index in [0.29, 0.717) is 43.3 Å². The summed E-state index contributed by atoms with van der Waals surface area (Å²) in [6.45, 7) is 2.13. The summed E-state index contributed by atoms with van der Waals surface area (Å²) in [7, 11) is 0. The molecule has 6 heteroatoms. The lowest BCUT2D eigenvalue weighted by molar-refractivity contribution is 0.0663. The quantitative estimate of drug-likeness (QED) is 0.902. The molecule has 1 saturated carbocycles. The standard InChI is InChI=1S/C18H22N4O2/c19-13-14-4-3-5-15(12-14)17(23)21-8-10-22(11-9-21)18(24)20-16-6-1-2-7-16/h3-5,12,16H,1-2,6-11H2,(H,20,24). The molecule has 3 rings (SSSR count). The SMILES string of the molecule is N#Cc1cccc(C(=O)N2CCN(C(=O)NC3CCCC3)CC2)c1. The average molecular weight is 326 g/mol. The third-order valence-electron chi connectivity index (χ3n) is 4.78. The van der Waals surface area contributed by atoms with E-state index in [9.17, 15) is 9.59 Å². The number of nitriles is 1. The van der Waals surface area contributed by atoms with Crippen molar-refractivity contribution in [3.05, 3.63) is 35.4 Å². The highest BCUT2D eigenvalue weighted by molar-refractivity contribution is 5.94. The molecule has 1 aromatic rings. The van der Waals surface area contributed by atoms with Crippen LogP contribution in [0.2, 0.25) is 0 Å². The molecule has 1 aliphatic carbocycles. The maximum Gasteiger partial charge on any atom is 0.317 e. The van der Waals surface area contributed by atoms with Gasteiger partial charge >= 0.3 is 6.03 Å². The van der Waals surface area contributed by atoms with Gasteiger partial charge in [-0.3, -0.25) is 4.79 Å². The summed E-state index contributed by atoms with van der Waals surface area (Å²) in [4.78, 5) is 28.3. The van der Waals surface area contributed by atoms with E-state index in [1.165, 1.54) is 12.8 Å². The maximum absolute atomic E-state index is 12.5. The van der Waals surface area contributed by atoms with Crippen molar-refractivity contribution in [3.8, 4) is 6.07 Å². The molecular weight excluding hydrogens is 304 g/mol. The van der Waals surface area contributed by atoms with Crippen LogP contribution in [0.4, 0.5) is 4.79 Å². The predicted octanol–water partition coefficient (Wildman–Crippen LogP) is 1.97. The van der Waals surface area contributed by atoms with Crippen molar-refractivity contribution >= 4 is 11.9 Å². The van der Waals surface area contributed by atoms with E-state index in [2.05, 4.69) is 5.32 Å². The van der Waals surface area contributed by atoms with Crippen LogP contribution in [-0.2, 0) is 0 Å². The molecule has 1 aliphatic heterocycles. The Labute approximate surface area is 142 Å². The first-order chi connectivity index (χ1) is 11.7. The zero-order valence-electron chi connectivity index (χ0n) is 13.7. The Morgan fingerprint density at radius 2 is 1.75 bits per heavy atom. The molecule has 0 spiro atoms. The van der Waals surface area contributed by atoms with Gasteiger partial charge in [0.15, 0.2) is 0 Å². The molecule has 1 aromatic carbocycles. The summed E-state index contributed by atoms with van der Waals surface area (Å²) in [5.74, 6) is -0.0806. The third-order valence-corrected chi connectivity index (χ3v) is 4.78. The summed E-state index contributed by atoms with van der Waals surface area (Å²) in [6, 6.07) is 9.09. The number of urea groups is 1. The Morgan fingerprint density at radius 3 is 2.42 bits per heavy atom. The molecule has 126 valence electrons. The molecule has 1 saturated heterocycles. The Kier molecular flexibility index (Phi) is 4.99. The van der Waals surface area contributed by atoms with Crippen LogP contribution in [0.1, 0.15) is 41.6 Å². The first-order valence-electron chi connectivity index (χ1n) is 8.52. The summed E-state index contributed by atoms with van der Waals surface area (Å²) in [5.41, 5.74) is 1.01. The van der Waals surface area contributed by atoms with Crippen molar-refractivity contribution in [1.29, 1.82) is 5.26 Å². The van der Waals surface area contributed by atoms with E-state index in [1.807, 2.05) is 6.07 Å². The molecule has 0 atom stereocenters. The smallest absolute Gasteiger partial charge is 0.317 e. The van der Waals surface area contributed by atoms with Crippen LogP contribution in [0.3, 0.4) is 0 Å². The van der Waals surface area contributed by atoms with Crippen molar-refractivity contribution in [2.45, 2.75) is 31.7 Å². The molecular formula is C18H22N4O2. The van der Waals surface area contributed by atoms with Gasteiger partial charge in [0.2, 0.25) is 0 Å². The van der Waals surface area contributed by atoms with Crippen LogP contribution in [0, 0.1) is 11.3 Å². The molecule has 2 fully saturated rings. The number of rotatable bonds is 2. The Balaban J connectivity index is 1.53. The van der Waals surface area contributed by atoms with Gasteiger partial charge in [0, 0.05) is 37.8 Å². The zero-order chi connectivity index (χ0) is 16.9. The molecule has 0 aromatic heterocycles. The first-order valence-corrected chi connectivity index (χ1v) is 8.52. The lowest BCUT2D eigenvalue weighted by atomic mass is 10.1. The number of carbonyl (C=O) groups is 2. The molecule has 0 bridgehead atoms. The van der Waals surface area contributed by atoms with Gasteiger partial charge in [-0.1, -0.05) is 18.9 Å². The third kappa shape index (κ3) is 3.67. The van der Waals surface area contributed by atoms with Crippen molar-refractivity contribution in [2.24, 2.45) is 0 Å². The minimum Gasteiger partial charge on any atom is -0.335 e. The van der Waals surface area contributed by atoms with Gasteiger partial charge in [0.1, 0.15) is 0 Å². The second-order valence-corrected chi connectivity index (χ2v) is 6.40. The highest BCUT2D eigenvalue weighted by Gasteiger charge is 2.26. The summed E-state index contributed by atoms with van der Waals surface area (Å²) >= 11 is 0. The van der Waals surface area contributed by atoms with Crippen LogP contribution < -0.4 is 5.32 Å². The van der Waals surface area contributed by atoms with Crippen LogP contribution in [0.25, 0.3) is 0 Å². The van der Waals surface area contributed by atoms with Crippen molar-refractivity contribution in [3.63, 3.8) is 0 Å². The normalized spacial score (nSPS) is 18.3. The number of piperazine rings is 1.